The van der Waals surface area contributed by atoms with Crippen LogP contribution in [0.15, 0.2) is 66.7 Å². The molecule has 0 aliphatic carbocycles. The minimum atomic E-state index is -2.36. The number of nitrogens with zero attached hydrogens (tertiary/aromatic N) is 3. The second-order valence-corrected chi connectivity index (χ2v) is 12.0. The van der Waals surface area contributed by atoms with Crippen LogP contribution in [0.25, 0.3) is 34.2 Å². The molecular formula is C38H49N3O6. The maximum atomic E-state index is 11.0. The molecule has 9 nitrogen and oxygen atoms in total. The van der Waals surface area contributed by atoms with Gasteiger partial charge in [-0.25, -0.2) is 15.0 Å². The van der Waals surface area contributed by atoms with E-state index in [1.54, 1.807) is 24.3 Å². The van der Waals surface area contributed by atoms with Gasteiger partial charge < -0.3 is 29.9 Å². The van der Waals surface area contributed by atoms with Crippen molar-refractivity contribution < 1.29 is 29.9 Å². The Morgan fingerprint density at radius 1 is 0.574 bits per heavy atom. The lowest BCUT2D eigenvalue weighted by Crippen LogP contribution is -2.35. The van der Waals surface area contributed by atoms with Gasteiger partial charge in [-0.1, -0.05) is 108 Å². The van der Waals surface area contributed by atoms with Crippen molar-refractivity contribution in [1.29, 1.82) is 0 Å². The molecule has 4 N–H and O–H groups in total. The third kappa shape index (κ3) is 11.2. The summed E-state index contributed by atoms with van der Waals surface area (Å²) in [7, 11) is 0. The predicted octanol–water partition coefficient (Wildman–Crippen LogP) is 8.79. The molecule has 1 aromatic heterocycles. The number of benzene rings is 3. The predicted molar refractivity (Wildman–Crippen MR) is 184 cm³/mol. The van der Waals surface area contributed by atoms with Crippen molar-refractivity contribution in [2.24, 2.45) is 0 Å². The lowest BCUT2D eigenvalue weighted by atomic mass is 10.1. The molecule has 47 heavy (non-hydrogen) atoms. The largest absolute Gasteiger partial charge is 0.507 e. The first-order valence-corrected chi connectivity index (χ1v) is 17.0. The first-order chi connectivity index (χ1) is 22.8. The van der Waals surface area contributed by atoms with E-state index in [0.717, 1.165) is 50.5 Å². The summed E-state index contributed by atoms with van der Waals surface area (Å²) in [5, 5.41) is 42.9. The van der Waals surface area contributed by atoms with Gasteiger partial charge in [0.1, 0.15) is 23.0 Å². The Balaban J connectivity index is 1.51. The van der Waals surface area contributed by atoms with Gasteiger partial charge in [-0.05, 0) is 37.1 Å². The molecule has 0 fully saturated rings. The Morgan fingerprint density at radius 2 is 1.09 bits per heavy atom. The van der Waals surface area contributed by atoms with Gasteiger partial charge in [-0.15, -0.1) is 0 Å². The lowest BCUT2D eigenvalue weighted by molar-refractivity contribution is -0.296. The van der Waals surface area contributed by atoms with Crippen LogP contribution in [0.1, 0.15) is 97.3 Å². The molecule has 0 spiro atoms. The molecule has 0 aliphatic heterocycles. The van der Waals surface area contributed by atoms with E-state index in [0.29, 0.717) is 30.2 Å². The van der Waals surface area contributed by atoms with E-state index >= 15 is 0 Å². The molecule has 0 saturated carbocycles. The third-order valence-electron chi connectivity index (χ3n) is 7.99. The van der Waals surface area contributed by atoms with E-state index in [1.807, 2.05) is 30.3 Å². The Morgan fingerprint density at radius 3 is 1.68 bits per heavy atom. The second-order valence-electron chi connectivity index (χ2n) is 12.0. The minimum absolute atomic E-state index is 0.0427. The zero-order chi connectivity index (χ0) is 33.5. The van der Waals surface area contributed by atoms with Gasteiger partial charge in [0.25, 0.3) is 0 Å². The second kappa shape index (κ2) is 18.2. The van der Waals surface area contributed by atoms with Crippen LogP contribution >= 0.6 is 0 Å². The fourth-order valence-corrected chi connectivity index (χ4v) is 5.34. The molecule has 252 valence electrons. The van der Waals surface area contributed by atoms with Crippen molar-refractivity contribution in [1.82, 2.24) is 15.0 Å². The molecule has 9 heteroatoms. The van der Waals surface area contributed by atoms with E-state index in [1.165, 1.54) is 37.8 Å². The molecular weight excluding hydrogens is 594 g/mol. The normalized spacial score (nSPS) is 11.5. The monoisotopic (exact) mass is 643 g/mol. The van der Waals surface area contributed by atoms with Crippen molar-refractivity contribution in [2.75, 3.05) is 6.61 Å². The molecule has 4 rings (SSSR count). The fraction of sp³-hybridized carbons (Fsp3) is 0.447. The van der Waals surface area contributed by atoms with Gasteiger partial charge in [0.15, 0.2) is 17.5 Å². The molecule has 0 unspecified atom stereocenters. The van der Waals surface area contributed by atoms with Crippen LogP contribution in [0.2, 0.25) is 0 Å². The van der Waals surface area contributed by atoms with Crippen molar-refractivity contribution in [3.63, 3.8) is 0 Å². The molecule has 4 aromatic rings. The number of aromatic hydroxyl groups is 2. The molecule has 0 saturated heterocycles. The van der Waals surface area contributed by atoms with Crippen molar-refractivity contribution in [3.05, 3.63) is 66.7 Å². The smallest absolute Gasteiger partial charge is 0.321 e. The van der Waals surface area contributed by atoms with Crippen LogP contribution in [0.4, 0.5) is 0 Å². The third-order valence-corrected chi connectivity index (χ3v) is 7.99. The first-order valence-electron chi connectivity index (χ1n) is 17.0. The minimum Gasteiger partial charge on any atom is -0.507 e. The number of aromatic nitrogens is 3. The van der Waals surface area contributed by atoms with Crippen molar-refractivity contribution in [2.45, 2.75) is 103 Å². The summed E-state index contributed by atoms with van der Waals surface area (Å²) in [4.78, 5) is 13.9. The maximum Gasteiger partial charge on any atom is 0.321 e. The summed E-state index contributed by atoms with van der Waals surface area (Å²) >= 11 is 0. The number of hydrogen-bond donors (Lipinski definition) is 4. The van der Waals surface area contributed by atoms with Gasteiger partial charge in [0.05, 0.1) is 17.7 Å². The highest BCUT2D eigenvalue weighted by Gasteiger charge is 2.26. The van der Waals surface area contributed by atoms with Crippen molar-refractivity contribution >= 4 is 0 Å². The van der Waals surface area contributed by atoms with Crippen LogP contribution in [-0.2, 0) is 0 Å². The van der Waals surface area contributed by atoms with E-state index in [-0.39, 0.29) is 40.9 Å². The average Bonchev–Trinajstić information content (AvgIpc) is 3.06. The van der Waals surface area contributed by atoms with Crippen LogP contribution in [0.5, 0.6) is 23.0 Å². The lowest BCUT2D eigenvalue weighted by Gasteiger charge is -2.23. The number of rotatable bonds is 20. The number of phenols is 2. The number of aliphatic hydroxyl groups is 2. The topological polar surface area (TPSA) is 138 Å². The molecule has 0 bridgehead atoms. The van der Waals surface area contributed by atoms with Gasteiger partial charge in [-0.3, -0.25) is 0 Å². The zero-order valence-electron chi connectivity index (χ0n) is 27.7. The maximum absolute atomic E-state index is 11.0. The standard InChI is InChI=1S/C38H49N3O6/c1-3-5-7-9-10-11-12-16-24-38(44,45)47-30-21-23-32(34(43)27-30)37-40-35(28-18-14-13-15-19-28)39-36(41-37)31-22-20-29(26-33(31)42)46-25-17-8-6-4-2/h13-15,18-23,26-27,42-45H,3-12,16-17,24-25H2,1-2H3. The highest BCUT2D eigenvalue weighted by atomic mass is 16.8. The van der Waals surface area contributed by atoms with Gasteiger partial charge in [-0.2, -0.15) is 0 Å². The van der Waals surface area contributed by atoms with Crippen LogP contribution in [0.3, 0.4) is 0 Å². The van der Waals surface area contributed by atoms with E-state index in [2.05, 4.69) is 28.8 Å². The number of hydrogen-bond acceptors (Lipinski definition) is 9. The highest BCUT2D eigenvalue weighted by molar-refractivity contribution is 5.72. The summed E-state index contributed by atoms with van der Waals surface area (Å²) in [6, 6.07) is 18.8. The fourth-order valence-electron chi connectivity index (χ4n) is 5.34. The van der Waals surface area contributed by atoms with E-state index in [4.69, 9.17) is 9.47 Å². The average molecular weight is 644 g/mol. The van der Waals surface area contributed by atoms with Crippen LogP contribution in [-0.4, -0.2) is 48.0 Å². The SMILES string of the molecule is CCCCCCCCCCC(O)(O)Oc1ccc(-c2nc(-c3ccccc3)nc(-c3ccc(OCCCCCC)cc3O)n2)c(O)c1. The summed E-state index contributed by atoms with van der Waals surface area (Å²) in [5.41, 5.74) is 1.40. The highest BCUT2D eigenvalue weighted by Crippen LogP contribution is 2.36. The molecule has 0 atom stereocenters. The van der Waals surface area contributed by atoms with E-state index in [9.17, 15) is 20.4 Å². The molecule has 0 aliphatic rings. The van der Waals surface area contributed by atoms with E-state index < -0.39 is 5.97 Å². The molecule has 1 heterocycles. The number of phenolic OH excluding ortho intramolecular Hbond substituents is 2. The first kappa shape index (κ1) is 35.6. The molecule has 0 radical (unpaired) electrons. The summed E-state index contributed by atoms with van der Waals surface area (Å²) in [6.07, 6.45) is 13.0. The summed E-state index contributed by atoms with van der Waals surface area (Å²) in [5.74, 6) is -1.22. The van der Waals surface area contributed by atoms with Crippen molar-refractivity contribution in [3.8, 4) is 57.2 Å². The molecule has 3 aromatic carbocycles. The Kier molecular flexibility index (Phi) is 13.8. The summed E-state index contributed by atoms with van der Waals surface area (Å²) < 4.78 is 11.3. The number of ether oxygens (including phenoxy) is 2. The summed E-state index contributed by atoms with van der Waals surface area (Å²) in [6.45, 7) is 4.92. The quantitative estimate of drug-likeness (QED) is 0.0550. The Labute approximate surface area is 278 Å². The Hall–Kier alpha value is -4.21. The Bertz CT molecular complexity index is 1530. The number of unbranched alkanes of at least 4 members (excludes halogenated alkanes) is 10. The van der Waals surface area contributed by atoms with Gasteiger partial charge in [0.2, 0.25) is 0 Å². The van der Waals surface area contributed by atoms with Crippen LogP contribution in [0, 0.1) is 0 Å². The molecule has 0 amide bonds. The van der Waals surface area contributed by atoms with Gasteiger partial charge in [0, 0.05) is 24.1 Å². The van der Waals surface area contributed by atoms with Gasteiger partial charge >= 0.3 is 5.97 Å². The zero-order valence-corrected chi connectivity index (χ0v) is 27.7. The van der Waals surface area contributed by atoms with Crippen LogP contribution < -0.4 is 9.47 Å².